The summed E-state index contributed by atoms with van der Waals surface area (Å²) in [6.07, 6.45) is 0. The highest BCUT2D eigenvalue weighted by Gasteiger charge is 2.17. The van der Waals surface area contributed by atoms with E-state index in [-0.39, 0.29) is 5.56 Å². The maximum absolute atomic E-state index is 11.2. The highest BCUT2D eigenvalue weighted by Crippen LogP contribution is 2.36. The molecule has 5 nitrogen and oxygen atoms in total. The van der Waals surface area contributed by atoms with Crippen LogP contribution in [0.15, 0.2) is 22.9 Å². The summed E-state index contributed by atoms with van der Waals surface area (Å²) in [4.78, 5) is 23.2. The van der Waals surface area contributed by atoms with Gasteiger partial charge in [0.15, 0.2) is 0 Å². The van der Waals surface area contributed by atoms with Gasteiger partial charge in [-0.05, 0) is 22.9 Å². The van der Waals surface area contributed by atoms with Crippen molar-refractivity contribution in [2.24, 2.45) is 0 Å². The molecule has 18 heavy (non-hydrogen) atoms. The van der Waals surface area contributed by atoms with Gasteiger partial charge < -0.3 is 10.4 Å². The molecule has 94 valence electrons. The fourth-order valence-corrected chi connectivity index (χ4v) is 3.13. The number of carboxylic acids is 1. The van der Waals surface area contributed by atoms with E-state index < -0.39 is 12.0 Å². The van der Waals surface area contributed by atoms with Crippen molar-refractivity contribution in [3.05, 3.63) is 28.5 Å². The van der Waals surface area contributed by atoms with E-state index in [1.165, 1.54) is 29.7 Å². The monoisotopic (exact) mass is 282 g/mol. The summed E-state index contributed by atoms with van der Waals surface area (Å²) in [7, 11) is 1.48. The van der Waals surface area contributed by atoms with Crippen LogP contribution in [-0.2, 0) is 0 Å². The van der Waals surface area contributed by atoms with Gasteiger partial charge >= 0.3 is 12.0 Å². The Morgan fingerprint density at radius 2 is 2.17 bits per heavy atom. The zero-order valence-electron chi connectivity index (χ0n) is 9.39. The summed E-state index contributed by atoms with van der Waals surface area (Å²) in [5.41, 5.74) is 1.06. The van der Waals surface area contributed by atoms with Crippen LogP contribution in [0.1, 0.15) is 10.4 Å². The molecule has 0 aliphatic rings. The molecule has 0 aliphatic heterocycles. The van der Waals surface area contributed by atoms with Crippen LogP contribution in [-0.4, -0.2) is 24.2 Å². The fraction of sp³-hybridized carbons (Fsp3) is 0.0909. The lowest BCUT2D eigenvalue weighted by Crippen LogP contribution is -2.24. The normalized spacial score (nSPS) is 10.1. The number of amides is 2. The summed E-state index contributed by atoms with van der Waals surface area (Å²) in [5.74, 6) is -1.06. The molecule has 0 spiro atoms. The topological polar surface area (TPSA) is 78.4 Å². The number of carbonyl (C=O) groups excluding carboxylic acids is 1. The van der Waals surface area contributed by atoms with Crippen molar-refractivity contribution < 1.29 is 14.7 Å². The van der Waals surface area contributed by atoms with Crippen LogP contribution in [0.3, 0.4) is 0 Å². The van der Waals surface area contributed by atoms with Gasteiger partial charge in [-0.15, -0.1) is 11.3 Å². The lowest BCUT2D eigenvalue weighted by Gasteiger charge is -2.01. The third-order valence-corrected chi connectivity index (χ3v) is 4.01. The summed E-state index contributed by atoms with van der Waals surface area (Å²) >= 11 is 2.78. The van der Waals surface area contributed by atoms with E-state index >= 15 is 0 Å². The third kappa shape index (κ3) is 2.52. The number of aromatic carboxylic acids is 1. The lowest BCUT2D eigenvalue weighted by atomic mass is 10.2. The Balaban J connectivity index is 2.38. The molecule has 2 aromatic heterocycles. The summed E-state index contributed by atoms with van der Waals surface area (Å²) < 4.78 is 0. The van der Waals surface area contributed by atoms with Gasteiger partial charge in [0.2, 0.25) is 0 Å². The first-order valence-corrected chi connectivity index (χ1v) is 6.76. The first kappa shape index (κ1) is 12.6. The molecule has 0 radical (unpaired) electrons. The molecule has 2 rings (SSSR count). The Morgan fingerprint density at radius 3 is 2.72 bits per heavy atom. The maximum atomic E-state index is 11.2. The van der Waals surface area contributed by atoms with Crippen molar-refractivity contribution >= 4 is 39.7 Å². The molecule has 3 N–H and O–H groups in total. The number of nitrogens with one attached hydrogen (secondary N) is 2. The zero-order chi connectivity index (χ0) is 13.1. The number of anilines is 1. The Morgan fingerprint density at radius 1 is 1.39 bits per heavy atom. The quantitative estimate of drug-likeness (QED) is 0.810. The van der Waals surface area contributed by atoms with Gasteiger partial charge in [-0.2, -0.15) is 11.3 Å². The predicted octanol–water partition coefficient (Wildman–Crippen LogP) is 2.93. The average molecular weight is 282 g/mol. The predicted molar refractivity (Wildman–Crippen MR) is 72.7 cm³/mol. The third-order valence-electron chi connectivity index (χ3n) is 2.22. The molecular weight excluding hydrogens is 272 g/mol. The van der Waals surface area contributed by atoms with Gasteiger partial charge in [0.1, 0.15) is 5.00 Å². The van der Waals surface area contributed by atoms with Crippen molar-refractivity contribution in [2.45, 2.75) is 0 Å². The van der Waals surface area contributed by atoms with Crippen molar-refractivity contribution in [3.63, 3.8) is 0 Å². The average Bonchev–Trinajstić information content (AvgIpc) is 2.96. The molecule has 0 unspecified atom stereocenters. The fourth-order valence-electron chi connectivity index (χ4n) is 1.36. The molecular formula is C11H10N2O3S2. The van der Waals surface area contributed by atoms with E-state index in [1.807, 2.05) is 16.8 Å². The minimum Gasteiger partial charge on any atom is -0.478 e. The first-order chi connectivity index (χ1) is 8.61. The highest BCUT2D eigenvalue weighted by atomic mass is 32.1. The first-order valence-electron chi connectivity index (χ1n) is 5.00. The Bertz CT molecular complexity index is 575. The van der Waals surface area contributed by atoms with Gasteiger partial charge in [0, 0.05) is 17.5 Å². The van der Waals surface area contributed by atoms with Crippen LogP contribution in [0, 0.1) is 0 Å². The number of hydrogen-bond acceptors (Lipinski definition) is 4. The van der Waals surface area contributed by atoms with Crippen LogP contribution in [0.2, 0.25) is 0 Å². The van der Waals surface area contributed by atoms with E-state index in [9.17, 15) is 9.59 Å². The van der Waals surface area contributed by atoms with Gasteiger partial charge in [0.05, 0.1) is 5.56 Å². The lowest BCUT2D eigenvalue weighted by molar-refractivity contribution is 0.0698. The number of thiophene rings is 2. The molecule has 0 saturated carbocycles. The highest BCUT2D eigenvalue weighted by molar-refractivity contribution is 7.20. The standard InChI is InChI=1S/C11H10N2O3S2/c1-12-11(16)13-9-7(10(14)15)4-8(18-9)6-2-3-17-5-6/h2-5H,1H3,(H,14,15)(H2,12,13,16). The molecule has 0 atom stereocenters. The second-order valence-corrected chi connectivity index (χ2v) is 5.21. The van der Waals surface area contributed by atoms with Crippen LogP contribution in [0.4, 0.5) is 9.80 Å². The molecule has 0 aromatic carbocycles. The van der Waals surface area contributed by atoms with Gasteiger partial charge in [0.25, 0.3) is 0 Å². The summed E-state index contributed by atoms with van der Waals surface area (Å²) in [6.45, 7) is 0. The number of carboxylic acid groups (broad SMARTS) is 1. The van der Waals surface area contributed by atoms with Crippen molar-refractivity contribution in [3.8, 4) is 10.4 Å². The van der Waals surface area contributed by atoms with Crippen LogP contribution in [0.25, 0.3) is 10.4 Å². The zero-order valence-corrected chi connectivity index (χ0v) is 11.0. The van der Waals surface area contributed by atoms with Gasteiger partial charge in [-0.25, -0.2) is 9.59 Å². The van der Waals surface area contributed by atoms with E-state index in [4.69, 9.17) is 5.11 Å². The van der Waals surface area contributed by atoms with Crippen molar-refractivity contribution in [1.82, 2.24) is 5.32 Å². The van der Waals surface area contributed by atoms with Gasteiger partial charge in [-0.3, -0.25) is 5.32 Å². The number of rotatable bonds is 3. The minimum absolute atomic E-state index is 0.102. The maximum Gasteiger partial charge on any atom is 0.338 e. The summed E-state index contributed by atoms with van der Waals surface area (Å²) in [6, 6.07) is 3.04. The SMILES string of the molecule is CNC(=O)Nc1sc(-c2ccsc2)cc1C(=O)O. The minimum atomic E-state index is -1.06. The number of urea groups is 1. The van der Waals surface area contributed by atoms with Crippen LogP contribution in [0.5, 0.6) is 0 Å². The number of carbonyl (C=O) groups is 2. The van der Waals surface area contributed by atoms with E-state index in [2.05, 4.69) is 10.6 Å². The van der Waals surface area contributed by atoms with E-state index in [1.54, 1.807) is 6.07 Å². The van der Waals surface area contributed by atoms with E-state index in [0.29, 0.717) is 5.00 Å². The molecule has 0 aliphatic carbocycles. The Labute approximate surface area is 111 Å². The molecule has 7 heteroatoms. The molecule has 2 amide bonds. The molecule has 0 fully saturated rings. The van der Waals surface area contributed by atoms with E-state index in [0.717, 1.165) is 10.4 Å². The van der Waals surface area contributed by atoms with Crippen molar-refractivity contribution in [2.75, 3.05) is 12.4 Å². The summed E-state index contributed by atoms with van der Waals surface area (Å²) in [5, 5.41) is 18.2. The van der Waals surface area contributed by atoms with Crippen LogP contribution >= 0.6 is 22.7 Å². The Kier molecular flexibility index (Phi) is 3.63. The Hall–Kier alpha value is -1.86. The van der Waals surface area contributed by atoms with Crippen molar-refractivity contribution in [1.29, 1.82) is 0 Å². The molecule has 0 saturated heterocycles. The molecule has 0 bridgehead atoms. The second-order valence-electron chi connectivity index (χ2n) is 3.37. The van der Waals surface area contributed by atoms with Gasteiger partial charge in [-0.1, -0.05) is 0 Å². The van der Waals surface area contributed by atoms with Crippen LogP contribution < -0.4 is 10.6 Å². The second kappa shape index (κ2) is 5.19. The largest absolute Gasteiger partial charge is 0.478 e. The molecule has 2 heterocycles. The number of hydrogen-bond donors (Lipinski definition) is 3. The smallest absolute Gasteiger partial charge is 0.338 e. The molecule has 2 aromatic rings.